The van der Waals surface area contributed by atoms with Gasteiger partial charge in [0.25, 0.3) is 5.91 Å². The molecule has 1 aromatic heterocycles. The van der Waals surface area contributed by atoms with Crippen LogP contribution in [-0.4, -0.2) is 22.6 Å². The van der Waals surface area contributed by atoms with Crippen LogP contribution in [-0.2, 0) is 4.79 Å². The number of amides is 2. The van der Waals surface area contributed by atoms with Gasteiger partial charge in [0.05, 0.1) is 18.7 Å². The van der Waals surface area contributed by atoms with Crippen molar-refractivity contribution in [3.05, 3.63) is 149 Å². The van der Waals surface area contributed by atoms with Crippen LogP contribution < -0.4 is 10.7 Å². The first-order valence-corrected chi connectivity index (χ1v) is 13.6. The molecule has 1 atom stereocenters. The highest BCUT2D eigenvalue weighted by Gasteiger charge is 2.19. The van der Waals surface area contributed by atoms with Crippen LogP contribution in [0.25, 0.3) is 16.8 Å². The van der Waals surface area contributed by atoms with Gasteiger partial charge in [0.2, 0.25) is 5.91 Å². The monoisotopic (exact) mass is 540 g/mol. The van der Waals surface area contributed by atoms with E-state index in [1.54, 1.807) is 18.3 Å². The van der Waals surface area contributed by atoms with Gasteiger partial charge in [-0.15, -0.1) is 0 Å². The summed E-state index contributed by atoms with van der Waals surface area (Å²) in [5, 5.41) is 7.22. The molecule has 2 amide bonds. The standard InChI is InChI=1S/C35H32N4O2/c1-25-22-31(26(2)39(25)32-20-18-28(19-21-32)27-12-6-3-7-13-27)24-36-38-34(40)23-33(29-14-8-4-9-15-29)37-35(41)30-16-10-5-11-17-30/h3-22,24,33H,23H2,1-2H3,(H,37,41)(H,38,40)/b36-24-/t33-/m0/s1. The molecule has 0 aliphatic heterocycles. The van der Waals surface area contributed by atoms with Crippen LogP contribution >= 0.6 is 0 Å². The largest absolute Gasteiger partial charge is 0.345 e. The minimum Gasteiger partial charge on any atom is -0.345 e. The quantitative estimate of drug-likeness (QED) is 0.160. The summed E-state index contributed by atoms with van der Waals surface area (Å²) >= 11 is 0. The van der Waals surface area contributed by atoms with E-state index in [0.29, 0.717) is 5.56 Å². The van der Waals surface area contributed by atoms with Gasteiger partial charge in [0, 0.05) is 28.2 Å². The molecule has 0 saturated carbocycles. The third kappa shape index (κ3) is 6.68. The van der Waals surface area contributed by atoms with Gasteiger partial charge in [-0.05, 0) is 60.9 Å². The van der Waals surface area contributed by atoms with Gasteiger partial charge >= 0.3 is 0 Å². The van der Waals surface area contributed by atoms with Crippen molar-refractivity contribution >= 4 is 18.0 Å². The number of aryl methyl sites for hydroxylation is 1. The summed E-state index contributed by atoms with van der Waals surface area (Å²) in [6.45, 7) is 4.08. The summed E-state index contributed by atoms with van der Waals surface area (Å²) in [5.41, 5.74) is 10.4. The van der Waals surface area contributed by atoms with Gasteiger partial charge in [-0.3, -0.25) is 9.59 Å². The second-order valence-electron chi connectivity index (χ2n) is 9.87. The highest BCUT2D eigenvalue weighted by atomic mass is 16.2. The minimum absolute atomic E-state index is 0.0483. The zero-order valence-electron chi connectivity index (χ0n) is 23.1. The van der Waals surface area contributed by atoms with Crippen molar-refractivity contribution < 1.29 is 9.59 Å². The Labute approximate surface area is 240 Å². The lowest BCUT2D eigenvalue weighted by molar-refractivity contribution is -0.121. The van der Waals surface area contributed by atoms with Crippen molar-refractivity contribution in [2.75, 3.05) is 0 Å². The topological polar surface area (TPSA) is 75.5 Å². The fourth-order valence-corrected chi connectivity index (χ4v) is 4.92. The lowest BCUT2D eigenvalue weighted by Crippen LogP contribution is -2.32. The third-order valence-corrected chi connectivity index (χ3v) is 7.03. The van der Waals surface area contributed by atoms with E-state index >= 15 is 0 Å². The molecule has 0 spiro atoms. The van der Waals surface area contributed by atoms with Crippen LogP contribution in [0.5, 0.6) is 0 Å². The second kappa shape index (κ2) is 12.7. The van der Waals surface area contributed by atoms with Crippen LogP contribution in [0, 0.1) is 13.8 Å². The molecule has 0 unspecified atom stereocenters. The number of nitrogens with one attached hydrogen (secondary N) is 2. The van der Waals surface area contributed by atoms with Crippen molar-refractivity contribution in [2.45, 2.75) is 26.3 Å². The molecule has 6 nitrogen and oxygen atoms in total. The maximum absolute atomic E-state index is 12.9. The number of nitrogens with zero attached hydrogens (tertiary/aromatic N) is 2. The Hall–Kier alpha value is -5.23. The van der Waals surface area contributed by atoms with E-state index in [1.165, 1.54) is 5.56 Å². The number of hydrogen-bond acceptors (Lipinski definition) is 3. The van der Waals surface area contributed by atoms with E-state index in [0.717, 1.165) is 33.8 Å². The van der Waals surface area contributed by atoms with Gasteiger partial charge < -0.3 is 9.88 Å². The molecule has 5 rings (SSSR count). The van der Waals surface area contributed by atoms with E-state index in [2.05, 4.69) is 56.8 Å². The fraction of sp³-hybridized carbons (Fsp3) is 0.114. The first-order valence-electron chi connectivity index (χ1n) is 13.6. The Kier molecular flexibility index (Phi) is 8.50. The van der Waals surface area contributed by atoms with E-state index in [4.69, 9.17) is 0 Å². The van der Waals surface area contributed by atoms with Gasteiger partial charge in [-0.25, -0.2) is 5.43 Å². The summed E-state index contributed by atoms with van der Waals surface area (Å²) in [6, 6.07) is 38.7. The maximum atomic E-state index is 12.9. The molecule has 0 saturated heterocycles. The normalized spacial score (nSPS) is 11.8. The summed E-state index contributed by atoms with van der Waals surface area (Å²) in [5.74, 6) is -0.534. The molecular formula is C35H32N4O2. The summed E-state index contributed by atoms with van der Waals surface area (Å²) in [4.78, 5) is 25.7. The molecule has 0 aliphatic rings. The summed E-state index contributed by atoms with van der Waals surface area (Å²) < 4.78 is 2.17. The zero-order valence-corrected chi connectivity index (χ0v) is 23.1. The smallest absolute Gasteiger partial charge is 0.251 e. The Morgan fingerprint density at radius 1 is 0.780 bits per heavy atom. The molecular weight excluding hydrogens is 508 g/mol. The highest BCUT2D eigenvalue weighted by molar-refractivity contribution is 5.94. The number of carbonyl (C=O) groups is 2. The number of hydrazone groups is 1. The van der Waals surface area contributed by atoms with Crippen LogP contribution in [0.4, 0.5) is 0 Å². The van der Waals surface area contributed by atoms with Crippen molar-refractivity contribution in [2.24, 2.45) is 5.10 Å². The van der Waals surface area contributed by atoms with Gasteiger partial charge in [0.1, 0.15) is 0 Å². The molecule has 41 heavy (non-hydrogen) atoms. The number of aromatic nitrogens is 1. The molecule has 204 valence electrons. The predicted molar refractivity (Wildman–Crippen MR) is 164 cm³/mol. The Morgan fingerprint density at radius 2 is 1.37 bits per heavy atom. The molecule has 6 heteroatoms. The maximum Gasteiger partial charge on any atom is 0.251 e. The molecule has 4 aromatic carbocycles. The van der Waals surface area contributed by atoms with Gasteiger partial charge in [0.15, 0.2) is 0 Å². The van der Waals surface area contributed by atoms with E-state index in [-0.39, 0.29) is 18.2 Å². The summed E-state index contributed by atoms with van der Waals surface area (Å²) in [7, 11) is 0. The van der Waals surface area contributed by atoms with Crippen LogP contribution in [0.2, 0.25) is 0 Å². The number of carbonyl (C=O) groups excluding carboxylic acids is 2. The molecule has 2 N–H and O–H groups in total. The SMILES string of the molecule is Cc1cc(/C=N\NC(=O)C[C@H](NC(=O)c2ccccc2)c2ccccc2)c(C)n1-c1ccc(-c2ccccc2)cc1. The summed E-state index contributed by atoms with van der Waals surface area (Å²) in [6.07, 6.45) is 1.71. The minimum atomic E-state index is -0.497. The van der Waals surface area contributed by atoms with Crippen LogP contribution in [0.15, 0.2) is 126 Å². The number of benzene rings is 4. The second-order valence-corrected chi connectivity index (χ2v) is 9.87. The number of rotatable bonds is 9. The van der Waals surface area contributed by atoms with Crippen LogP contribution in [0.3, 0.4) is 0 Å². The molecule has 1 heterocycles. The van der Waals surface area contributed by atoms with E-state index < -0.39 is 6.04 Å². The average molecular weight is 541 g/mol. The van der Waals surface area contributed by atoms with Gasteiger partial charge in [-0.2, -0.15) is 5.10 Å². The molecule has 0 fully saturated rings. The van der Waals surface area contributed by atoms with Crippen molar-refractivity contribution in [1.82, 2.24) is 15.3 Å². The molecule has 0 aliphatic carbocycles. The van der Waals surface area contributed by atoms with Gasteiger partial charge in [-0.1, -0.05) is 91.0 Å². The lowest BCUT2D eigenvalue weighted by Gasteiger charge is -2.18. The van der Waals surface area contributed by atoms with E-state index in [1.807, 2.05) is 86.6 Å². The molecule has 0 bridgehead atoms. The number of hydrogen-bond donors (Lipinski definition) is 2. The zero-order chi connectivity index (χ0) is 28.6. The molecule has 5 aromatic rings. The average Bonchev–Trinajstić information content (AvgIpc) is 3.30. The fourth-order valence-electron chi connectivity index (χ4n) is 4.92. The third-order valence-electron chi connectivity index (χ3n) is 7.03. The van der Waals surface area contributed by atoms with Crippen molar-refractivity contribution in [3.8, 4) is 16.8 Å². The first-order chi connectivity index (χ1) is 20.0. The Bertz CT molecular complexity index is 1640. The highest BCUT2D eigenvalue weighted by Crippen LogP contribution is 2.24. The Balaban J connectivity index is 1.26. The Morgan fingerprint density at radius 3 is 2.02 bits per heavy atom. The van der Waals surface area contributed by atoms with E-state index in [9.17, 15) is 9.59 Å². The van der Waals surface area contributed by atoms with Crippen LogP contribution in [0.1, 0.15) is 45.3 Å². The predicted octanol–water partition coefficient (Wildman–Crippen LogP) is 6.77. The van der Waals surface area contributed by atoms with Crippen molar-refractivity contribution in [1.29, 1.82) is 0 Å². The first kappa shape index (κ1) is 27.3. The lowest BCUT2D eigenvalue weighted by atomic mass is 10.0. The van der Waals surface area contributed by atoms with Crippen molar-refractivity contribution in [3.63, 3.8) is 0 Å². The molecule has 0 radical (unpaired) electrons.